The molecule has 0 amide bonds. The summed E-state index contributed by atoms with van der Waals surface area (Å²) in [6.45, 7) is 6.03. The molecule has 0 fully saturated rings. The summed E-state index contributed by atoms with van der Waals surface area (Å²) in [5.74, 6) is 0.533. The van der Waals surface area contributed by atoms with Crippen LogP contribution in [0.2, 0.25) is 5.28 Å². The lowest BCUT2D eigenvalue weighted by Crippen LogP contribution is -2.24. The summed E-state index contributed by atoms with van der Waals surface area (Å²) in [6, 6.07) is 8.09. The van der Waals surface area contributed by atoms with Crippen LogP contribution in [-0.2, 0) is 6.61 Å². The van der Waals surface area contributed by atoms with Gasteiger partial charge in [0.05, 0.1) is 0 Å². The Balaban J connectivity index is 2.10. The number of hydrogen-bond donors (Lipinski definition) is 0. The quantitative estimate of drug-likeness (QED) is 0.774. The zero-order chi connectivity index (χ0) is 15.2. The van der Waals surface area contributed by atoms with Gasteiger partial charge in [0.15, 0.2) is 0 Å². The molecular weight excluding hydrogens is 356 g/mol. The van der Waals surface area contributed by atoms with E-state index in [0.29, 0.717) is 12.6 Å². The lowest BCUT2D eigenvalue weighted by atomic mass is 10.2. The van der Waals surface area contributed by atoms with Crippen molar-refractivity contribution in [3.63, 3.8) is 0 Å². The monoisotopic (exact) mass is 370 g/mol. The topological polar surface area (TPSA) is 51.1 Å². The van der Waals surface area contributed by atoms with E-state index in [0.717, 1.165) is 23.1 Å². The lowest BCUT2D eigenvalue weighted by molar-refractivity contribution is 0.280. The van der Waals surface area contributed by atoms with Crippen LogP contribution in [0.15, 0.2) is 28.7 Å². The fourth-order valence-corrected chi connectivity index (χ4v) is 2.18. The van der Waals surface area contributed by atoms with Crippen molar-refractivity contribution in [3.05, 3.63) is 39.6 Å². The van der Waals surface area contributed by atoms with E-state index in [9.17, 15) is 0 Å². The number of nitrogens with zero attached hydrogens (tertiary/aromatic N) is 4. The molecule has 0 atom stereocenters. The fourth-order valence-electron chi connectivity index (χ4n) is 1.76. The minimum atomic E-state index is 0.137. The molecule has 0 saturated carbocycles. The van der Waals surface area contributed by atoms with Crippen LogP contribution in [0.1, 0.15) is 19.4 Å². The highest BCUT2D eigenvalue weighted by Gasteiger charge is 2.11. The van der Waals surface area contributed by atoms with Crippen LogP contribution in [0.25, 0.3) is 0 Å². The normalized spacial score (nSPS) is 10.5. The first kappa shape index (κ1) is 16.0. The standard InChI is InChI=1S/C14H16BrClN4O/c1-3-20(4-2)13-17-12(16)18-14(19-13)21-9-10-5-7-11(15)8-6-10/h5-8H,3-4,9H2,1-2H3. The number of halogens is 2. The number of aromatic nitrogens is 3. The second kappa shape index (κ2) is 7.56. The van der Waals surface area contributed by atoms with Gasteiger partial charge in [0, 0.05) is 17.6 Å². The fraction of sp³-hybridized carbons (Fsp3) is 0.357. The van der Waals surface area contributed by atoms with Crippen LogP contribution < -0.4 is 9.64 Å². The van der Waals surface area contributed by atoms with Crippen LogP contribution >= 0.6 is 27.5 Å². The summed E-state index contributed by atoms with van der Waals surface area (Å²) < 4.78 is 6.63. The van der Waals surface area contributed by atoms with Crippen molar-refractivity contribution in [3.8, 4) is 6.01 Å². The Morgan fingerprint density at radius 2 is 1.76 bits per heavy atom. The van der Waals surface area contributed by atoms with E-state index in [-0.39, 0.29) is 11.3 Å². The third kappa shape index (κ3) is 4.54. The molecule has 0 bridgehead atoms. The summed E-state index contributed by atoms with van der Waals surface area (Å²) in [6.07, 6.45) is 0. The first-order valence-corrected chi connectivity index (χ1v) is 7.83. The van der Waals surface area contributed by atoms with Crippen LogP contribution in [-0.4, -0.2) is 28.0 Å². The van der Waals surface area contributed by atoms with Gasteiger partial charge in [-0.25, -0.2) is 0 Å². The van der Waals surface area contributed by atoms with Gasteiger partial charge in [-0.15, -0.1) is 0 Å². The highest BCUT2D eigenvalue weighted by Crippen LogP contribution is 2.17. The van der Waals surface area contributed by atoms with Crippen molar-refractivity contribution in [2.45, 2.75) is 20.5 Å². The van der Waals surface area contributed by atoms with Gasteiger partial charge in [-0.05, 0) is 43.1 Å². The molecule has 2 rings (SSSR count). The van der Waals surface area contributed by atoms with Gasteiger partial charge in [-0.2, -0.15) is 15.0 Å². The molecule has 1 aromatic carbocycles. The van der Waals surface area contributed by atoms with E-state index in [4.69, 9.17) is 16.3 Å². The molecule has 0 unspecified atom stereocenters. The van der Waals surface area contributed by atoms with Crippen molar-refractivity contribution >= 4 is 33.5 Å². The van der Waals surface area contributed by atoms with Crippen molar-refractivity contribution in [2.75, 3.05) is 18.0 Å². The molecule has 0 N–H and O–H groups in total. The predicted molar refractivity (Wildman–Crippen MR) is 86.9 cm³/mol. The van der Waals surface area contributed by atoms with Crippen molar-refractivity contribution < 1.29 is 4.74 Å². The number of anilines is 1. The van der Waals surface area contributed by atoms with Gasteiger partial charge < -0.3 is 9.64 Å². The van der Waals surface area contributed by atoms with Crippen LogP contribution in [0.5, 0.6) is 6.01 Å². The number of benzene rings is 1. The first-order valence-electron chi connectivity index (χ1n) is 6.66. The minimum Gasteiger partial charge on any atom is -0.458 e. The number of ether oxygens (including phenoxy) is 1. The van der Waals surface area contributed by atoms with E-state index in [1.165, 1.54) is 0 Å². The highest BCUT2D eigenvalue weighted by atomic mass is 79.9. The van der Waals surface area contributed by atoms with E-state index in [1.807, 2.05) is 43.0 Å². The molecule has 0 aliphatic carbocycles. The average Bonchev–Trinajstić information content (AvgIpc) is 2.47. The molecule has 112 valence electrons. The SMILES string of the molecule is CCN(CC)c1nc(Cl)nc(OCc2ccc(Br)cc2)n1. The average molecular weight is 372 g/mol. The third-order valence-electron chi connectivity index (χ3n) is 2.90. The van der Waals surface area contributed by atoms with E-state index >= 15 is 0 Å². The lowest BCUT2D eigenvalue weighted by Gasteiger charge is -2.18. The molecular formula is C14H16BrClN4O. The predicted octanol–water partition coefficient (Wildman–Crippen LogP) is 3.71. The Bertz CT molecular complexity index is 590. The van der Waals surface area contributed by atoms with E-state index in [2.05, 4.69) is 30.9 Å². The number of rotatable bonds is 6. The highest BCUT2D eigenvalue weighted by molar-refractivity contribution is 9.10. The third-order valence-corrected chi connectivity index (χ3v) is 3.60. The van der Waals surface area contributed by atoms with E-state index in [1.54, 1.807) is 0 Å². The molecule has 7 heteroatoms. The Morgan fingerprint density at radius 1 is 1.10 bits per heavy atom. The molecule has 0 saturated heterocycles. The molecule has 0 aliphatic heterocycles. The maximum absolute atomic E-state index is 5.94. The Labute approximate surface area is 137 Å². The second-order valence-electron chi connectivity index (χ2n) is 4.27. The van der Waals surface area contributed by atoms with Crippen LogP contribution in [0, 0.1) is 0 Å². The van der Waals surface area contributed by atoms with Crippen molar-refractivity contribution in [1.82, 2.24) is 15.0 Å². The molecule has 5 nitrogen and oxygen atoms in total. The minimum absolute atomic E-state index is 0.137. The van der Waals surface area contributed by atoms with Gasteiger partial charge in [0.25, 0.3) is 0 Å². The summed E-state index contributed by atoms with van der Waals surface area (Å²) in [4.78, 5) is 14.4. The first-order chi connectivity index (χ1) is 10.1. The molecule has 1 heterocycles. The van der Waals surface area contributed by atoms with Gasteiger partial charge in [-0.3, -0.25) is 0 Å². The molecule has 0 radical (unpaired) electrons. The van der Waals surface area contributed by atoms with Gasteiger partial charge >= 0.3 is 6.01 Å². The van der Waals surface area contributed by atoms with E-state index < -0.39 is 0 Å². The summed E-state index contributed by atoms with van der Waals surface area (Å²) in [5, 5.41) is 0.137. The molecule has 21 heavy (non-hydrogen) atoms. The second-order valence-corrected chi connectivity index (χ2v) is 5.53. The summed E-state index contributed by atoms with van der Waals surface area (Å²) >= 11 is 9.33. The van der Waals surface area contributed by atoms with Crippen LogP contribution in [0.3, 0.4) is 0 Å². The molecule has 2 aromatic rings. The smallest absolute Gasteiger partial charge is 0.322 e. The zero-order valence-electron chi connectivity index (χ0n) is 11.9. The Kier molecular flexibility index (Phi) is 5.76. The largest absolute Gasteiger partial charge is 0.458 e. The Hall–Kier alpha value is -1.40. The Morgan fingerprint density at radius 3 is 2.38 bits per heavy atom. The van der Waals surface area contributed by atoms with Gasteiger partial charge in [0.2, 0.25) is 11.2 Å². The molecule has 1 aromatic heterocycles. The summed E-state index contributed by atoms with van der Waals surface area (Å²) in [5.41, 5.74) is 1.03. The maximum Gasteiger partial charge on any atom is 0.322 e. The van der Waals surface area contributed by atoms with Gasteiger partial charge in [-0.1, -0.05) is 28.1 Å². The zero-order valence-corrected chi connectivity index (χ0v) is 14.2. The summed E-state index contributed by atoms with van der Waals surface area (Å²) in [7, 11) is 0. The van der Waals surface area contributed by atoms with Gasteiger partial charge in [0.1, 0.15) is 6.61 Å². The number of hydrogen-bond acceptors (Lipinski definition) is 5. The molecule has 0 spiro atoms. The van der Waals surface area contributed by atoms with Crippen LogP contribution in [0.4, 0.5) is 5.95 Å². The maximum atomic E-state index is 5.94. The van der Waals surface area contributed by atoms with Crippen molar-refractivity contribution in [1.29, 1.82) is 0 Å². The van der Waals surface area contributed by atoms with Crippen molar-refractivity contribution in [2.24, 2.45) is 0 Å². The molecule has 0 aliphatic rings.